The molecule has 3 rings (SSSR count). The first kappa shape index (κ1) is 11.1. The molecule has 0 aliphatic heterocycles. The first-order valence-electron chi connectivity index (χ1n) is 6.89. The molecular formula is C15H21NO. The van der Waals surface area contributed by atoms with Gasteiger partial charge in [-0.15, -0.1) is 0 Å². The lowest BCUT2D eigenvalue weighted by molar-refractivity contribution is 0.385. The van der Waals surface area contributed by atoms with E-state index in [9.17, 15) is 5.11 Å². The molecule has 0 amide bonds. The Labute approximate surface area is 103 Å². The molecular weight excluding hydrogens is 210 g/mol. The number of hydrogen-bond acceptors (Lipinski definition) is 2. The molecule has 92 valence electrons. The Balaban J connectivity index is 1.69. The zero-order valence-electron chi connectivity index (χ0n) is 10.3. The molecule has 2 aliphatic rings. The Morgan fingerprint density at radius 1 is 1.06 bits per heavy atom. The van der Waals surface area contributed by atoms with Crippen molar-refractivity contribution in [2.24, 2.45) is 0 Å². The summed E-state index contributed by atoms with van der Waals surface area (Å²) < 4.78 is 0. The fourth-order valence-electron chi connectivity index (χ4n) is 3.34. The minimum Gasteiger partial charge on any atom is -0.508 e. The van der Waals surface area contributed by atoms with Crippen molar-refractivity contribution in [3.63, 3.8) is 0 Å². The van der Waals surface area contributed by atoms with E-state index in [-0.39, 0.29) is 0 Å². The van der Waals surface area contributed by atoms with Gasteiger partial charge in [0, 0.05) is 12.1 Å². The zero-order chi connectivity index (χ0) is 11.7. The monoisotopic (exact) mass is 231 g/mol. The van der Waals surface area contributed by atoms with Crippen LogP contribution in [0.3, 0.4) is 0 Å². The van der Waals surface area contributed by atoms with Gasteiger partial charge in [0.1, 0.15) is 5.75 Å². The van der Waals surface area contributed by atoms with E-state index in [1.807, 2.05) is 12.1 Å². The predicted octanol–water partition coefficient (Wildman–Crippen LogP) is 2.78. The van der Waals surface area contributed by atoms with Gasteiger partial charge < -0.3 is 10.4 Å². The van der Waals surface area contributed by atoms with E-state index < -0.39 is 0 Å². The van der Waals surface area contributed by atoms with E-state index >= 15 is 0 Å². The summed E-state index contributed by atoms with van der Waals surface area (Å²) in [6.45, 7) is 0. The molecule has 17 heavy (non-hydrogen) atoms. The van der Waals surface area contributed by atoms with E-state index in [4.69, 9.17) is 0 Å². The summed E-state index contributed by atoms with van der Waals surface area (Å²) >= 11 is 0. The van der Waals surface area contributed by atoms with Crippen LogP contribution in [0.25, 0.3) is 0 Å². The average Bonchev–Trinajstić information content (AvgIpc) is 2.83. The van der Waals surface area contributed by atoms with Gasteiger partial charge in [-0.25, -0.2) is 0 Å². The van der Waals surface area contributed by atoms with Crippen LogP contribution in [0.15, 0.2) is 18.2 Å². The molecule has 1 aromatic rings. The highest BCUT2D eigenvalue weighted by Gasteiger charge is 2.24. The van der Waals surface area contributed by atoms with Crippen molar-refractivity contribution < 1.29 is 5.11 Å². The van der Waals surface area contributed by atoms with Crippen molar-refractivity contribution in [3.8, 4) is 5.75 Å². The van der Waals surface area contributed by atoms with E-state index in [1.165, 1.54) is 43.2 Å². The van der Waals surface area contributed by atoms with Gasteiger partial charge in [0.2, 0.25) is 0 Å². The number of fused-ring (bicyclic) bond motifs is 1. The first-order valence-corrected chi connectivity index (χ1v) is 6.89. The van der Waals surface area contributed by atoms with Gasteiger partial charge in [-0.3, -0.25) is 0 Å². The van der Waals surface area contributed by atoms with Crippen molar-refractivity contribution in [1.82, 2.24) is 5.32 Å². The SMILES string of the molecule is Oc1cccc2c1CC(NC1CCCC1)CC2. The molecule has 1 aromatic carbocycles. The van der Waals surface area contributed by atoms with Crippen molar-refractivity contribution in [3.05, 3.63) is 29.3 Å². The van der Waals surface area contributed by atoms with Gasteiger partial charge in [0.05, 0.1) is 0 Å². The third-order valence-corrected chi connectivity index (χ3v) is 4.29. The smallest absolute Gasteiger partial charge is 0.119 e. The Bertz CT molecular complexity index is 396. The number of phenols is 1. The standard InChI is InChI=1S/C15H21NO/c17-15-7-3-4-11-8-9-13(10-14(11)15)16-12-5-1-2-6-12/h3-4,7,12-13,16-17H,1-2,5-6,8-10H2. The lowest BCUT2D eigenvalue weighted by Gasteiger charge is -2.28. The van der Waals surface area contributed by atoms with Crippen LogP contribution in [-0.4, -0.2) is 17.2 Å². The van der Waals surface area contributed by atoms with Gasteiger partial charge in [-0.1, -0.05) is 25.0 Å². The van der Waals surface area contributed by atoms with Gasteiger partial charge in [-0.05, 0) is 49.3 Å². The van der Waals surface area contributed by atoms with E-state index in [1.54, 1.807) is 0 Å². The molecule has 1 fully saturated rings. The third kappa shape index (κ3) is 2.32. The number of phenolic OH excluding ortho intramolecular Hbond substituents is 1. The first-order chi connectivity index (χ1) is 8.33. The van der Waals surface area contributed by atoms with Crippen LogP contribution in [0.5, 0.6) is 5.75 Å². The second-order valence-electron chi connectivity index (χ2n) is 5.50. The van der Waals surface area contributed by atoms with Crippen LogP contribution in [0.2, 0.25) is 0 Å². The quantitative estimate of drug-likeness (QED) is 0.820. The molecule has 1 unspecified atom stereocenters. The van der Waals surface area contributed by atoms with Gasteiger partial charge in [0.15, 0.2) is 0 Å². The van der Waals surface area contributed by atoms with Crippen LogP contribution in [0.4, 0.5) is 0 Å². The molecule has 2 heteroatoms. The lowest BCUT2D eigenvalue weighted by Crippen LogP contribution is -2.40. The molecule has 2 nitrogen and oxygen atoms in total. The minimum atomic E-state index is 0.487. The molecule has 2 N–H and O–H groups in total. The Morgan fingerprint density at radius 3 is 2.71 bits per heavy atom. The predicted molar refractivity (Wildman–Crippen MR) is 69.3 cm³/mol. The molecule has 0 saturated heterocycles. The minimum absolute atomic E-state index is 0.487. The average molecular weight is 231 g/mol. The van der Waals surface area contributed by atoms with Crippen LogP contribution < -0.4 is 5.32 Å². The van der Waals surface area contributed by atoms with Gasteiger partial charge in [0.25, 0.3) is 0 Å². The van der Waals surface area contributed by atoms with Crippen LogP contribution in [-0.2, 0) is 12.8 Å². The Kier molecular flexibility index (Phi) is 3.06. The molecule has 0 bridgehead atoms. The summed E-state index contributed by atoms with van der Waals surface area (Å²) in [6.07, 6.45) is 8.76. The number of aryl methyl sites for hydroxylation is 1. The molecule has 0 heterocycles. The van der Waals surface area contributed by atoms with Crippen molar-refractivity contribution in [1.29, 1.82) is 0 Å². The van der Waals surface area contributed by atoms with E-state index in [2.05, 4.69) is 11.4 Å². The maximum Gasteiger partial charge on any atom is 0.119 e. The maximum atomic E-state index is 9.91. The summed E-state index contributed by atoms with van der Waals surface area (Å²) in [7, 11) is 0. The summed E-state index contributed by atoms with van der Waals surface area (Å²) in [4.78, 5) is 0. The second kappa shape index (κ2) is 4.69. The topological polar surface area (TPSA) is 32.3 Å². The number of aromatic hydroxyl groups is 1. The van der Waals surface area contributed by atoms with E-state index in [0.29, 0.717) is 11.8 Å². The summed E-state index contributed by atoms with van der Waals surface area (Å²) in [5.74, 6) is 0.487. The highest BCUT2D eigenvalue weighted by molar-refractivity contribution is 5.41. The van der Waals surface area contributed by atoms with Crippen LogP contribution >= 0.6 is 0 Å². The van der Waals surface area contributed by atoms with Crippen LogP contribution in [0.1, 0.15) is 43.2 Å². The number of rotatable bonds is 2. The maximum absolute atomic E-state index is 9.91. The number of hydrogen-bond donors (Lipinski definition) is 2. The molecule has 2 aliphatic carbocycles. The third-order valence-electron chi connectivity index (χ3n) is 4.29. The molecule has 0 spiro atoms. The Morgan fingerprint density at radius 2 is 1.88 bits per heavy atom. The Hall–Kier alpha value is -1.02. The lowest BCUT2D eigenvalue weighted by atomic mass is 9.87. The summed E-state index contributed by atoms with van der Waals surface area (Å²) in [6, 6.07) is 7.22. The van der Waals surface area contributed by atoms with Crippen molar-refractivity contribution >= 4 is 0 Å². The van der Waals surface area contributed by atoms with Crippen molar-refractivity contribution in [2.45, 2.75) is 57.0 Å². The second-order valence-corrected chi connectivity index (χ2v) is 5.50. The molecule has 1 atom stereocenters. The summed E-state index contributed by atoms with van der Waals surface area (Å²) in [5, 5.41) is 13.7. The normalized spacial score (nSPS) is 24.8. The molecule has 0 radical (unpaired) electrons. The largest absolute Gasteiger partial charge is 0.508 e. The highest BCUT2D eigenvalue weighted by Crippen LogP contribution is 2.29. The van der Waals surface area contributed by atoms with Crippen LogP contribution in [0, 0.1) is 0 Å². The molecule has 0 aromatic heterocycles. The number of nitrogens with one attached hydrogen (secondary N) is 1. The number of benzene rings is 1. The fourth-order valence-corrected chi connectivity index (χ4v) is 3.34. The van der Waals surface area contributed by atoms with Gasteiger partial charge in [-0.2, -0.15) is 0 Å². The molecule has 1 saturated carbocycles. The summed E-state index contributed by atoms with van der Waals surface area (Å²) in [5.41, 5.74) is 2.52. The van der Waals surface area contributed by atoms with E-state index in [0.717, 1.165) is 18.9 Å². The fraction of sp³-hybridized carbons (Fsp3) is 0.600. The van der Waals surface area contributed by atoms with Crippen molar-refractivity contribution in [2.75, 3.05) is 0 Å². The van der Waals surface area contributed by atoms with Gasteiger partial charge >= 0.3 is 0 Å². The highest BCUT2D eigenvalue weighted by atomic mass is 16.3. The zero-order valence-corrected chi connectivity index (χ0v) is 10.3.